The summed E-state index contributed by atoms with van der Waals surface area (Å²) in [5.74, 6) is 2.05. The number of nitrogens with one attached hydrogen (secondary N) is 1. The summed E-state index contributed by atoms with van der Waals surface area (Å²) in [6.45, 7) is 16.5. The predicted molar refractivity (Wildman–Crippen MR) is 88.8 cm³/mol. The minimum absolute atomic E-state index is 0.750. The van der Waals surface area contributed by atoms with Crippen molar-refractivity contribution in [2.24, 2.45) is 13.0 Å². The number of anilines is 1. The second-order valence-electron chi connectivity index (χ2n) is 6.47. The van der Waals surface area contributed by atoms with Gasteiger partial charge in [-0.25, -0.2) is 0 Å². The first-order valence-corrected chi connectivity index (χ1v) is 8.23. The van der Waals surface area contributed by atoms with Gasteiger partial charge in [-0.15, -0.1) is 0 Å². The topological polar surface area (TPSA) is 36.3 Å². The van der Waals surface area contributed by atoms with Gasteiger partial charge in [0.15, 0.2) is 0 Å². The Balaban J connectivity index is 2.05. The molecule has 1 N–H and O–H groups in total. The molecule has 21 heavy (non-hydrogen) atoms. The van der Waals surface area contributed by atoms with Crippen molar-refractivity contribution in [1.29, 1.82) is 0 Å². The highest BCUT2D eigenvalue weighted by Gasteiger charge is 2.23. The molecular formula is C16H31N5. The maximum atomic E-state index is 4.63. The Morgan fingerprint density at radius 1 is 1.19 bits per heavy atom. The SMILES string of the molecule is CCNCc1c(C)nn(C)c1N1CCN(CC(C)C)CC1. The highest BCUT2D eigenvalue weighted by Crippen LogP contribution is 2.24. The molecular weight excluding hydrogens is 262 g/mol. The Kier molecular flexibility index (Phi) is 5.65. The van der Waals surface area contributed by atoms with Gasteiger partial charge in [0.2, 0.25) is 0 Å². The molecule has 2 rings (SSSR count). The van der Waals surface area contributed by atoms with Crippen molar-refractivity contribution < 1.29 is 0 Å². The zero-order chi connectivity index (χ0) is 15.4. The van der Waals surface area contributed by atoms with Gasteiger partial charge >= 0.3 is 0 Å². The molecule has 0 unspecified atom stereocenters. The monoisotopic (exact) mass is 293 g/mol. The first-order valence-electron chi connectivity index (χ1n) is 8.23. The van der Waals surface area contributed by atoms with Crippen molar-refractivity contribution in [1.82, 2.24) is 20.0 Å². The number of piperazine rings is 1. The normalized spacial score (nSPS) is 17.0. The number of rotatable bonds is 6. The zero-order valence-corrected chi connectivity index (χ0v) is 14.3. The molecule has 0 amide bonds. The van der Waals surface area contributed by atoms with Gasteiger partial charge in [0.25, 0.3) is 0 Å². The van der Waals surface area contributed by atoms with Crippen molar-refractivity contribution in [2.45, 2.75) is 34.2 Å². The van der Waals surface area contributed by atoms with Gasteiger partial charge in [-0.3, -0.25) is 9.58 Å². The van der Waals surface area contributed by atoms with Crippen molar-refractivity contribution in [2.75, 3.05) is 44.2 Å². The van der Waals surface area contributed by atoms with Crippen molar-refractivity contribution in [3.05, 3.63) is 11.3 Å². The molecule has 0 saturated carbocycles. The van der Waals surface area contributed by atoms with E-state index < -0.39 is 0 Å². The van der Waals surface area contributed by atoms with Crippen LogP contribution in [0.1, 0.15) is 32.0 Å². The second-order valence-corrected chi connectivity index (χ2v) is 6.47. The fraction of sp³-hybridized carbons (Fsp3) is 0.812. The van der Waals surface area contributed by atoms with Crippen LogP contribution in [0.25, 0.3) is 0 Å². The summed E-state index contributed by atoms with van der Waals surface area (Å²) < 4.78 is 2.06. The summed E-state index contributed by atoms with van der Waals surface area (Å²) >= 11 is 0. The molecule has 0 aromatic carbocycles. The second kappa shape index (κ2) is 7.27. The van der Waals surface area contributed by atoms with E-state index in [0.717, 1.165) is 50.9 Å². The molecule has 120 valence electrons. The number of nitrogens with zero attached hydrogens (tertiary/aromatic N) is 4. The minimum atomic E-state index is 0.750. The number of aryl methyl sites for hydroxylation is 2. The Labute approximate surface area is 129 Å². The van der Waals surface area contributed by atoms with Crippen LogP contribution in [0.2, 0.25) is 0 Å². The zero-order valence-electron chi connectivity index (χ0n) is 14.3. The van der Waals surface area contributed by atoms with E-state index in [1.54, 1.807) is 0 Å². The van der Waals surface area contributed by atoms with Crippen molar-refractivity contribution >= 4 is 5.82 Å². The van der Waals surface area contributed by atoms with Crippen LogP contribution in [0.5, 0.6) is 0 Å². The molecule has 1 fully saturated rings. The summed E-state index contributed by atoms with van der Waals surface area (Å²) in [7, 11) is 2.07. The number of hydrogen-bond acceptors (Lipinski definition) is 4. The van der Waals surface area contributed by atoms with Crippen LogP contribution in [-0.2, 0) is 13.6 Å². The fourth-order valence-corrected chi connectivity index (χ4v) is 3.20. The molecule has 0 spiro atoms. The Bertz CT molecular complexity index is 444. The van der Waals surface area contributed by atoms with E-state index in [2.05, 4.69) is 59.6 Å². The van der Waals surface area contributed by atoms with Crippen LogP contribution < -0.4 is 10.2 Å². The highest BCUT2D eigenvalue weighted by molar-refractivity contribution is 5.50. The van der Waals surface area contributed by atoms with Crippen molar-refractivity contribution in [3.63, 3.8) is 0 Å². The summed E-state index contributed by atoms with van der Waals surface area (Å²) in [5, 5.41) is 8.07. The highest BCUT2D eigenvalue weighted by atomic mass is 15.4. The molecule has 1 saturated heterocycles. The predicted octanol–water partition coefficient (Wildman–Crippen LogP) is 1.62. The minimum Gasteiger partial charge on any atom is -0.354 e. The van der Waals surface area contributed by atoms with E-state index >= 15 is 0 Å². The molecule has 1 aliphatic rings. The van der Waals surface area contributed by atoms with Crippen LogP contribution in [0.15, 0.2) is 0 Å². The first-order chi connectivity index (χ1) is 10.0. The summed E-state index contributed by atoms with van der Waals surface area (Å²) in [6.07, 6.45) is 0. The van der Waals surface area contributed by atoms with Crippen LogP contribution in [-0.4, -0.2) is 53.9 Å². The summed E-state index contributed by atoms with van der Waals surface area (Å²) in [6, 6.07) is 0. The maximum Gasteiger partial charge on any atom is 0.131 e. The third-order valence-corrected chi connectivity index (χ3v) is 4.16. The van der Waals surface area contributed by atoms with E-state index in [1.165, 1.54) is 17.9 Å². The van der Waals surface area contributed by atoms with Crippen LogP contribution in [0.3, 0.4) is 0 Å². The maximum absolute atomic E-state index is 4.63. The van der Waals surface area contributed by atoms with Gasteiger partial charge in [0.1, 0.15) is 5.82 Å². The van der Waals surface area contributed by atoms with Crippen LogP contribution in [0, 0.1) is 12.8 Å². The van der Waals surface area contributed by atoms with Gasteiger partial charge in [0.05, 0.1) is 5.69 Å². The van der Waals surface area contributed by atoms with Gasteiger partial charge in [-0.05, 0) is 19.4 Å². The Hall–Kier alpha value is -1.07. The lowest BCUT2D eigenvalue weighted by Gasteiger charge is -2.37. The first kappa shape index (κ1) is 16.3. The number of hydrogen-bond donors (Lipinski definition) is 1. The van der Waals surface area contributed by atoms with E-state index in [4.69, 9.17) is 0 Å². The average Bonchev–Trinajstić information content (AvgIpc) is 2.71. The molecule has 2 heterocycles. The van der Waals surface area contributed by atoms with Gasteiger partial charge < -0.3 is 10.2 Å². The lowest BCUT2D eigenvalue weighted by molar-refractivity contribution is 0.230. The molecule has 5 heteroatoms. The third-order valence-electron chi connectivity index (χ3n) is 4.16. The molecule has 5 nitrogen and oxygen atoms in total. The molecule has 0 aliphatic carbocycles. The standard InChI is InChI=1S/C16H31N5/c1-6-17-11-15-14(4)18-19(5)16(15)21-9-7-20(8-10-21)12-13(2)3/h13,17H,6-12H2,1-5H3. The molecule has 0 radical (unpaired) electrons. The number of aromatic nitrogens is 2. The lowest BCUT2D eigenvalue weighted by Crippen LogP contribution is -2.48. The summed E-state index contributed by atoms with van der Waals surface area (Å²) in [4.78, 5) is 5.08. The van der Waals surface area contributed by atoms with Crippen LogP contribution >= 0.6 is 0 Å². The van der Waals surface area contributed by atoms with E-state index in [9.17, 15) is 0 Å². The quantitative estimate of drug-likeness (QED) is 0.864. The van der Waals surface area contributed by atoms with E-state index in [0.29, 0.717) is 0 Å². The smallest absolute Gasteiger partial charge is 0.131 e. The van der Waals surface area contributed by atoms with Gasteiger partial charge in [-0.1, -0.05) is 20.8 Å². The molecule has 0 bridgehead atoms. The van der Waals surface area contributed by atoms with Gasteiger partial charge in [-0.2, -0.15) is 5.10 Å². The molecule has 1 aromatic rings. The van der Waals surface area contributed by atoms with Gasteiger partial charge in [0, 0.05) is 51.9 Å². The molecule has 1 aliphatic heterocycles. The molecule has 0 atom stereocenters. The Morgan fingerprint density at radius 2 is 1.86 bits per heavy atom. The summed E-state index contributed by atoms with van der Waals surface area (Å²) in [5.41, 5.74) is 2.51. The van der Waals surface area contributed by atoms with Crippen LogP contribution in [0.4, 0.5) is 5.82 Å². The fourth-order valence-electron chi connectivity index (χ4n) is 3.20. The Morgan fingerprint density at radius 3 is 2.43 bits per heavy atom. The van der Waals surface area contributed by atoms with Crippen molar-refractivity contribution in [3.8, 4) is 0 Å². The molecule has 1 aromatic heterocycles. The average molecular weight is 293 g/mol. The largest absolute Gasteiger partial charge is 0.354 e. The third kappa shape index (κ3) is 3.98. The van der Waals surface area contributed by atoms with E-state index in [-0.39, 0.29) is 0 Å². The lowest BCUT2D eigenvalue weighted by atomic mass is 10.1. The van der Waals surface area contributed by atoms with E-state index in [1.807, 2.05) is 0 Å².